The molecule has 0 saturated heterocycles. The summed E-state index contributed by atoms with van der Waals surface area (Å²) in [6.07, 6.45) is 3.03. The summed E-state index contributed by atoms with van der Waals surface area (Å²) < 4.78 is 0. The fourth-order valence-electron chi connectivity index (χ4n) is 4.84. The van der Waals surface area contributed by atoms with E-state index in [0.717, 1.165) is 64.2 Å². The van der Waals surface area contributed by atoms with Gasteiger partial charge in [0, 0.05) is 59.9 Å². The van der Waals surface area contributed by atoms with E-state index in [4.69, 9.17) is 16.6 Å². The van der Waals surface area contributed by atoms with E-state index in [9.17, 15) is 0 Å². The molecule has 5 nitrogen and oxygen atoms in total. The maximum atomic E-state index is 6.75. The van der Waals surface area contributed by atoms with Crippen LogP contribution in [0.1, 0.15) is 55.4 Å². The fourth-order valence-corrected chi connectivity index (χ4v) is 5.21. The van der Waals surface area contributed by atoms with Crippen LogP contribution in [0.25, 0.3) is 0 Å². The first-order valence-corrected chi connectivity index (χ1v) is 13.5. The summed E-state index contributed by atoms with van der Waals surface area (Å²) in [6.45, 7) is 22.8. The van der Waals surface area contributed by atoms with Crippen LogP contribution in [0.15, 0.2) is 89.1 Å². The van der Waals surface area contributed by atoms with E-state index in [-0.39, 0.29) is 5.92 Å². The first-order chi connectivity index (χ1) is 18.0. The number of anilines is 1. The molecule has 38 heavy (non-hydrogen) atoms. The van der Waals surface area contributed by atoms with Gasteiger partial charge in [-0.3, -0.25) is 0 Å². The zero-order chi connectivity index (χ0) is 28.0. The predicted molar refractivity (Wildman–Crippen MR) is 165 cm³/mol. The summed E-state index contributed by atoms with van der Waals surface area (Å²) in [6, 6.07) is 12.5. The van der Waals surface area contributed by atoms with Crippen LogP contribution >= 0.6 is 11.6 Å². The van der Waals surface area contributed by atoms with E-state index in [1.54, 1.807) is 0 Å². The second-order valence-corrected chi connectivity index (χ2v) is 10.6. The summed E-state index contributed by atoms with van der Waals surface area (Å²) in [4.78, 5) is 6.86. The quantitative estimate of drug-likeness (QED) is 0.159. The number of likely N-dealkylation sites (N-methyl/N-ethyl adjacent to an activating group) is 1. The molecule has 1 heterocycles. The van der Waals surface area contributed by atoms with E-state index in [2.05, 4.69) is 106 Å². The topological polar surface area (TPSA) is 51.7 Å². The Morgan fingerprint density at radius 2 is 1.84 bits per heavy atom. The van der Waals surface area contributed by atoms with Gasteiger partial charge in [0.05, 0.1) is 0 Å². The molecule has 2 aromatic carbocycles. The highest BCUT2D eigenvalue weighted by Gasteiger charge is 2.23. The zero-order valence-electron chi connectivity index (χ0n) is 23.9. The Balaban J connectivity index is 1.88. The van der Waals surface area contributed by atoms with E-state index < -0.39 is 0 Å². The lowest BCUT2D eigenvalue weighted by Crippen LogP contribution is -2.32. The monoisotopic (exact) mass is 531 g/mol. The van der Waals surface area contributed by atoms with Crippen molar-refractivity contribution in [2.75, 3.05) is 25.5 Å². The fraction of sp³-hybridized carbons (Fsp3) is 0.344. The molecule has 1 aliphatic rings. The van der Waals surface area contributed by atoms with Crippen LogP contribution in [0.2, 0.25) is 5.02 Å². The highest BCUT2D eigenvalue weighted by Crippen LogP contribution is 2.37. The van der Waals surface area contributed by atoms with Crippen LogP contribution in [0.5, 0.6) is 0 Å². The van der Waals surface area contributed by atoms with Crippen molar-refractivity contribution in [1.82, 2.24) is 15.5 Å². The molecule has 6 heteroatoms. The first kappa shape index (κ1) is 29.1. The normalized spacial score (nSPS) is 14.7. The van der Waals surface area contributed by atoms with Crippen LogP contribution in [0.3, 0.4) is 0 Å². The number of nitrogens with one attached hydrogen (secondary N) is 3. The maximum Gasteiger partial charge on any atom is 0.124 e. The smallest absolute Gasteiger partial charge is 0.124 e. The Hall–Kier alpha value is -3.44. The summed E-state index contributed by atoms with van der Waals surface area (Å²) >= 11 is 6.75. The number of hydrogen-bond donors (Lipinski definition) is 3. The van der Waals surface area contributed by atoms with Crippen molar-refractivity contribution < 1.29 is 0 Å². The molecule has 1 atom stereocenters. The summed E-state index contributed by atoms with van der Waals surface area (Å²) in [5.74, 6) is 1.37. The van der Waals surface area contributed by atoms with Gasteiger partial charge >= 0.3 is 0 Å². The van der Waals surface area contributed by atoms with Gasteiger partial charge in [0.1, 0.15) is 11.7 Å². The lowest BCUT2D eigenvalue weighted by molar-refractivity contribution is 0.425. The summed E-state index contributed by atoms with van der Waals surface area (Å²) in [5, 5.41) is 11.2. The van der Waals surface area contributed by atoms with Gasteiger partial charge in [0.2, 0.25) is 0 Å². The first-order valence-electron chi connectivity index (χ1n) is 13.1. The van der Waals surface area contributed by atoms with Crippen molar-refractivity contribution in [2.45, 2.75) is 53.9 Å². The third-order valence-electron chi connectivity index (χ3n) is 6.96. The van der Waals surface area contributed by atoms with Crippen molar-refractivity contribution in [3.05, 3.63) is 111 Å². The maximum absolute atomic E-state index is 6.75. The Kier molecular flexibility index (Phi) is 9.87. The molecule has 202 valence electrons. The minimum atomic E-state index is 0.0552. The number of benzene rings is 2. The van der Waals surface area contributed by atoms with Gasteiger partial charge in [0.15, 0.2) is 0 Å². The van der Waals surface area contributed by atoms with Crippen LogP contribution in [0.4, 0.5) is 5.69 Å². The van der Waals surface area contributed by atoms with Crippen molar-refractivity contribution in [1.29, 1.82) is 0 Å². The number of nitrogens with zero attached hydrogens (tertiary/aromatic N) is 2. The standard InChI is InChI=1S/C32H42ClN5/c1-10-28(29-15-14-20(2)16-30(29)33)32(23(5)34-17-27-18-38(9)19-27)24(6)35-25(7)36-26(8)37-31-13-11-12-21(3)22(31)4/h11-16,18,28,34-35H,5,7,10,17,19H2,1-4,6,8-9H3,(H,36,37)/b32-24-. The van der Waals surface area contributed by atoms with Crippen LogP contribution in [-0.4, -0.2) is 30.9 Å². The minimum Gasteiger partial charge on any atom is -0.381 e. The van der Waals surface area contributed by atoms with Gasteiger partial charge in [-0.05, 0) is 81.0 Å². The third kappa shape index (κ3) is 7.32. The molecule has 0 radical (unpaired) electrons. The van der Waals surface area contributed by atoms with Crippen LogP contribution in [-0.2, 0) is 0 Å². The van der Waals surface area contributed by atoms with Gasteiger partial charge in [-0.25, -0.2) is 4.99 Å². The molecular weight excluding hydrogens is 490 g/mol. The molecule has 0 fully saturated rings. The number of halogens is 1. The number of hydrogen-bond acceptors (Lipinski definition) is 4. The van der Waals surface area contributed by atoms with E-state index >= 15 is 0 Å². The predicted octanol–water partition coefficient (Wildman–Crippen LogP) is 7.56. The number of rotatable bonds is 11. The van der Waals surface area contributed by atoms with Gasteiger partial charge in [-0.1, -0.05) is 55.9 Å². The number of allylic oxidation sites excluding steroid dienone is 2. The summed E-state index contributed by atoms with van der Waals surface area (Å²) in [7, 11) is 2.08. The van der Waals surface area contributed by atoms with Gasteiger partial charge < -0.3 is 20.9 Å². The van der Waals surface area contributed by atoms with Crippen LogP contribution < -0.4 is 16.0 Å². The zero-order valence-corrected chi connectivity index (χ0v) is 24.7. The second-order valence-electron chi connectivity index (χ2n) is 10.2. The van der Waals surface area contributed by atoms with Crippen molar-refractivity contribution >= 4 is 23.1 Å². The molecule has 0 aliphatic carbocycles. The lowest BCUT2D eigenvalue weighted by atomic mass is 9.85. The third-order valence-corrected chi connectivity index (χ3v) is 7.28. The highest BCUT2D eigenvalue weighted by atomic mass is 35.5. The second kappa shape index (κ2) is 12.9. The van der Waals surface area contributed by atoms with E-state index in [0.29, 0.717) is 5.82 Å². The van der Waals surface area contributed by atoms with E-state index in [1.165, 1.54) is 16.7 Å². The molecule has 3 rings (SSSR count). The van der Waals surface area contributed by atoms with Crippen LogP contribution in [0, 0.1) is 20.8 Å². The summed E-state index contributed by atoms with van der Waals surface area (Å²) in [5.41, 5.74) is 9.94. The number of aliphatic imine (C=N–C) groups is 1. The van der Waals surface area contributed by atoms with Crippen molar-refractivity contribution in [3.8, 4) is 0 Å². The van der Waals surface area contributed by atoms with Crippen molar-refractivity contribution in [3.63, 3.8) is 0 Å². The molecule has 0 amide bonds. The Labute approximate surface area is 234 Å². The molecule has 1 aliphatic heterocycles. The molecule has 3 N–H and O–H groups in total. The number of amidine groups is 1. The van der Waals surface area contributed by atoms with Gasteiger partial charge in [0.25, 0.3) is 0 Å². The van der Waals surface area contributed by atoms with Gasteiger partial charge in [-0.15, -0.1) is 0 Å². The Morgan fingerprint density at radius 1 is 1.13 bits per heavy atom. The average Bonchev–Trinajstić information content (AvgIpc) is 2.82. The molecular formula is C32H42ClN5. The molecule has 0 aromatic heterocycles. The molecule has 2 aromatic rings. The van der Waals surface area contributed by atoms with Gasteiger partial charge in [-0.2, -0.15) is 0 Å². The molecule has 0 bridgehead atoms. The van der Waals surface area contributed by atoms with Crippen molar-refractivity contribution in [2.24, 2.45) is 4.99 Å². The largest absolute Gasteiger partial charge is 0.381 e. The van der Waals surface area contributed by atoms with E-state index in [1.807, 2.05) is 19.1 Å². The SMILES string of the molecule is C=C(/N=C(/C)Nc1cccc(C)c1C)N/C(C)=C(/C(=C)NCC1=CN(C)C1)C(CC)c1ccc(C)cc1Cl. The highest BCUT2D eigenvalue weighted by molar-refractivity contribution is 6.31. The molecule has 0 spiro atoms. The average molecular weight is 532 g/mol. The Bertz CT molecular complexity index is 1300. The number of aryl methyl sites for hydroxylation is 2. The minimum absolute atomic E-state index is 0.0552. The Morgan fingerprint density at radius 3 is 2.47 bits per heavy atom. The molecule has 0 saturated carbocycles. The molecule has 1 unspecified atom stereocenters. The lowest BCUT2D eigenvalue weighted by Gasteiger charge is -2.30.